The summed E-state index contributed by atoms with van der Waals surface area (Å²) in [6, 6.07) is 18.6. The number of aromatic hydroxyl groups is 5. The normalized spacial score (nSPS) is 31.8. The zero-order valence-corrected chi connectivity index (χ0v) is 30.2. The summed E-state index contributed by atoms with van der Waals surface area (Å²) in [5.74, 6) is 0.495. The Hall–Kier alpha value is -4.24. The highest BCUT2D eigenvalue weighted by Crippen LogP contribution is 2.71. The van der Waals surface area contributed by atoms with E-state index < -0.39 is 0 Å². The van der Waals surface area contributed by atoms with Gasteiger partial charge in [0.1, 0.15) is 5.75 Å². The van der Waals surface area contributed by atoms with Gasteiger partial charge in [-0.3, -0.25) is 0 Å². The third-order valence-electron chi connectivity index (χ3n) is 14.2. The predicted molar refractivity (Wildman–Crippen MR) is 205 cm³/mol. The second-order valence-electron chi connectivity index (χ2n) is 16.7. The Balaban J connectivity index is 0.928. The summed E-state index contributed by atoms with van der Waals surface area (Å²) < 4.78 is 7.28. The number of benzene rings is 4. The number of hydrogen-bond donors (Lipinski definition) is 7. The summed E-state index contributed by atoms with van der Waals surface area (Å²) in [5, 5.41) is 68.4. The standard InChI is InChI=1S/C45H51NO7/c47-31-22-30-14-18-36-37(23-32-15-13-29-3-2-20-44(30,24-31)45(29,36)53-32)46-25-28-8-6-26(7-9-28)10-17-35-33(16-11-27-12-19-38(48)40(50)21-27)34-4-1-5-39(49)41(34)43(52)42(35)51/h1,4-9,11-12,16,19,21,29-32,36-37,46-52H,2-3,10,13-15,17-18,20,22-25H2/b16-11+/t29-,30-,31+,32+,36+,37-,44+,45-/m0/s1. The molecule has 7 N–H and O–H groups in total. The Kier molecular flexibility index (Phi) is 8.63. The van der Waals surface area contributed by atoms with Crippen LogP contribution in [0, 0.1) is 23.2 Å². The fraction of sp³-hybridized carbons (Fsp3) is 0.467. The van der Waals surface area contributed by atoms with Crippen LogP contribution in [0.1, 0.15) is 92.0 Å². The van der Waals surface area contributed by atoms with E-state index in [2.05, 4.69) is 29.6 Å². The second kappa shape index (κ2) is 13.3. The number of phenols is 5. The fourth-order valence-corrected chi connectivity index (χ4v) is 12.0. The Bertz CT molecular complexity index is 2060. The van der Waals surface area contributed by atoms with Gasteiger partial charge in [-0.15, -0.1) is 0 Å². The number of phenolic OH excluding ortho intramolecular Hbond substituents is 5. The third kappa shape index (κ3) is 5.59. The number of aliphatic hydroxyl groups is 1. The van der Waals surface area contributed by atoms with Gasteiger partial charge in [0.25, 0.3) is 0 Å². The van der Waals surface area contributed by atoms with Gasteiger partial charge in [-0.05, 0) is 128 Å². The quantitative estimate of drug-likeness (QED) is 0.0717. The van der Waals surface area contributed by atoms with Crippen molar-refractivity contribution in [2.45, 2.75) is 107 Å². The molecular formula is C45H51NO7. The number of ether oxygens (including phenoxy) is 1. The third-order valence-corrected chi connectivity index (χ3v) is 14.2. The minimum atomic E-state index is -0.353. The van der Waals surface area contributed by atoms with Crippen LogP contribution >= 0.6 is 0 Å². The molecule has 0 amide bonds. The van der Waals surface area contributed by atoms with Crippen LogP contribution < -0.4 is 5.32 Å². The van der Waals surface area contributed by atoms with Crippen LogP contribution in [0.3, 0.4) is 0 Å². The van der Waals surface area contributed by atoms with Gasteiger partial charge in [0.15, 0.2) is 23.0 Å². The van der Waals surface area contributed by atoms with Gasteiger partial charge in [0.05, 0.1) is 23.2 Å². The first kappa shape index (κ1) is 34.5. The van der Waals surface area contributed by atoms with E-state index in [9.17, 15) is 30.6 Å². The zero-order chi connectivity index (χ0) is 36.5. The SMILES string of the molecule is Oc1ccc(/C=C/c2c(CCc3ccc(CN[C@H]4C[C@H]5CC[C@@H]6CCC[C@@]78C[C@H](O)C[C@@H]7CC[C@H]4[C@@]68O5)cc3)c(O)c(O)c3c(O)cccc23)cc1O. The number of nitrogens with one attached hydrogen (secondary N) is 1. The summed E-state index contributed by atoms with van der Waals surface area (Å²) in [5.41, 5.74) is 4.23. The van der Waals surface area contributed by atoms with Gasteiger partial charge in [-0.25, -0.2) is 0 Å². The molecule has 8 atom stereocenters. The molecule has 3 saturated carbocycles. The maximum absolute atomic E-state index is 11.3. The van der Waals surface area contributed by atoms with Gasteiger partial charge in [-0.1, -0.05) is 61.0 Å². The molecule has 3 aliphatic carbocycles. The maximum atomic E-state index is 11.3. The highest BCUT2D eigenvalue weighted by Gasteiger charge is 2.72. The summed E-state index contributed by atoms with van der Waals surface area (Å²) in [4.78, 5) is 0. The van der Waals surface area contributed by atoms with Crippen molar-refractivity contribution in [3.63, 3.8) is 0 Å². The molecule has 5 aliphatic rings. The number of fused-ring (bicyclic) bond motifs is 2. The van der Waals surface area contributed by atoms with Gasteiger partial charge >= 0.3 is 0 Å². The molecule has 5 fully saturated rings. The lowest BCUT2D eigenvalue weighted by atomic mass is 9.43. The summed E-state index contributed by atoms with van der Waals surface area (Å²) in [6.45, 7) is 0.790. The van der Waals surface area contributed by atoms with E-state index in [-0.39, 0.29) is 51.3 Å². The first-order chi connectivity index (χ1) is 25.7. The average Bonchev–Trinajstić information content (AvgIpc) is 3.49. The van der Waals surface area contributed by atoms with E-state index in [1.807, 2.05) is 0 Å². The smallest absolute Gasteiger partial charge is 0.169 e. The monoisotopic (exact) mass is 717 g/mol. The van der Waals surface area contributed by atoms with Crippen molar-refractivity contribution >= 4 is 22.9 Å². The molecule has 0 radical (unpaired) electrons. The highest BCUT2D eigenvalue weighted by atomic mass is 16.5. The van der Waals surface area contributed by atoms with Crippen molar-refractivity contribution in [3.05, 3.63) is 88.5 Å². The van der Waals surface area contributed by atoms with E-state index in [1.54, 1.807) is 30.4 Å². The molecule has 2 aliphatic heterocycles. The maximum Gasteiger partial charge on any atom is 0.169 e. The molecule has 0 aromatic heterocycles. The predicted octanol–water partition coefficient (Wildman–Crippen LogP) is 8.07. The Labute approximate surface area is 310 Å². The van der Waals surface area contributed by atoms with Gasteiger partial charge in [-0.2, -0.15) is 0 Å². The van der Waals surface area contributed by atoms with Crippen molar-refractivity contribution < 1.29 is 35.4 Å². The molecule has 2 bridgehead atoms. The van der Waals surface area contributed by atoms with Crippen LogP contribution in [-0.4, -0.2) is 54.5 Å². The summed E-state index contributed by atoms with van der Waals surface area (Å²) >= 11 is 0. The Morgan fingerprint density at radius 2 is 1.57 bits per heavy atom. The van der Waals surface area contributed by atoms with Gasteiger partial charge < -0.3 is 40.7 Å². The Morgan fingerprint density at radius 1 is 0.755 bits per heavy atom. The second-order valence-corrected chi connectivity index (χ2v) is 16.7. The lowest BCUT2D eigenvalue weighted by molar-refractivity contribution is -0.319. The largest absolute Gasteiger partial charge is 0.507 e. The first-order valence-electron chi connectivity index (χ1n) is 19.7. The van der Waals surface area contributed by atoms with Crippen LogP contribution in [0.2, 0.25) is 0 Å². The van der Waals surface area contributed by atoms with E-state index in [1.165, 1.54) is 62.3 Å². The van der Waals surface area contributed by atoms with Crippen LogP contribution in [-0.2, 0) is 24.1 Å². The minimum Gasteiger partial charge on any atom is -0.507 e. The summed E-state index contributed by atoms with van der Waals surface area (Å²) in [7, 11) is 0. The van der Waals surface area contributed by atoms with Crippen molar-refractivity contribution in [1.82, 2.24) is 5.32 Å². The molecule has 2 heterocycles. The van der Waals surface area contributed by atoms with Gasteiger partial charge in [0, 0.05) is 29.5 Å². The zero-order valence-electron chi connectivity index (χ0n) is 30.2. The lowest BCUT2D eigenvalue weighted by Crippen LogP contribution is -2.73. The van der Waals surface area contributed by atoms with Crippen molar-refractivity contribution in [3.8, 4) is 28.7 Å². The van der Waals surface area contributed by atoms with Crippen LogP contribution in [0.4, 0.5) is 0 Å². The molecule has 278 valence electrons. The number of hydrogen-bond acceptors (Lipinski definition) is 8. The molecular weight excluding hydrogens is 666 g/mol. The molecule has 2 spiro atoms. The van der Waals surface area contributed by atoms with Gasteiger partial charge in [0.2, 0.25) is 0 Å². The molecule has 0 unspecified atom stereocenters. The number of aryl methyl sites for hydroxylation is 1. The topological polar surface area (TPSA) is 143 Å². The molecule has 4 aromatic rings. The van der Waals surface area contributed by atoms with E-state index >= 15 is 0 Å². The minimum absolute atomic E-state index is 0.0876. The molecule has 2 saturated heterocycles. The van der Waals surface area contributed by atoms with Crippen LogP contribution in [0.15, 0.2) is 60.7 Å². The van der Waals surface area contributed by atoms with E-state index in [0.717, 1.165) is 37.8 Å². The van der Waals surface area contributed by atoms with Crippen molar-refractivity contribution in [2.24, 2.45) is 23.2 Å². The molecule has 4 aromatic carbocycles. The molecule has 8 nitrogen and oxygen atoms in total. The molecule has 53 heavy (non-hydrogen) atoms. The van der Waals surface area contributed by atoms with E-state index in [4.69, 9.17) is 4.74 Å². The Morgan fingerprint density at radius 3 is 2.40 bits per heavy atom. The van der Waals surface area contributed by atoms with Crippen molar-refractivity contribution in [1.29, 1.82) is 0 Å². The summed E-state index contributed by atoms with van der Waals surface area (Å²) in [6.07, 6.45) is 16.3. The lowest BCUT2D eigenvalue weighted by Gasteiger charge is -2.70. The van der Waals surface area contributed by atoms with Crippen LogP contribution in [0.25, 0.3) is 22.9 Å². The van der Waals surface area contributed by atoms with Crippen molar-refractivity contribution in [2.75, 3.05) is 0 Å². The van der Waals surface area contributed by atoms with Crippen LogP contribution in [0.5, 0.6) is 28.7 Å². The fourth-order valence-electron chi connectivity index (χ4n) is 12.0. The van der Waals surface area contributed by atoms with E-state index in [0.29, 0.717) is 64.8 Å². The number of rotatable bonds is 8. The first-order valence-corrected chi connectivity index (χ1v) is 19.7. The molecule has 9 rings (SSSR count). The molecule has 8 heteroatoms. The highest BCUT2D eigenvalue weighted by molar-refractivity contribution is 6.03. The number of aliphatic hydroxyl groups excluding tert-OH is 1. The average molecular weight is 718 g/mol.